The van der Waals surface area contributed by atoms with Crippen LogP contribution in [0, 0.1) is 23.7 Å². The number of aromatic nitrogens is 1. The summed E-state index contributed by atoms with van der Waals surface area (Å²) >= 11 is 0. The Kier molecular flexibility index (Phi) is 4.64. The summed E-state index contributed by atoms with van der Waals surface area (Å²) in [5.41, 5.74) is 3.63. The second-order valence-corrected chi connectivity index (χ2v) is 10.6. The monoisotopic (exact) mass is 416 g/mol. The molecule has 31 heavy (non-hydrogen) atoms. The van der Waals surface area contributed by atoms with E-state index in [2.05, 4.69) is 47.0 Å². The Morgan fingerprint density at radius 1 is 1.06 bits per heavy atom. The molecule has 4 heterocycles. The molecule has 2 saturated heterocycles. The molecule has 5 heteroatoms. The van der Waals surface area contributed by atoms with Gasteiger partial charge in [-0.25, -0.2) is 0 Å². The van der Waals surface area contributed by atoms with Gasteiger partial charge in [0.15, 0.2) is 0 Å². The Hall–Kier alpha value is -2.27. The molecule has 0 N–H and O–H groups in total. The fourth-order valence-electron chi connectivity index (χ4n) is 6.68. The van der Waals surface area contributed by atoms with E-state index in [1.54, 1.807) is 0 Å². The predicted molar refractivity (Wildman–Crippen MR) is 123 cm³/mol. The van der Waals surface area contributed by atoms with Gasteiger partial charge in [0.25, 0.3) is 0 Å². The largest absolute Gasteiger partial charge is 0.342 e. The summed E-state index contributed by atoms with van der Waals surface area (Å²) in [6.07, 6.45) is 7.08. The number of piperidine rings is 3. The van der Waals surface area contributed by atoms with Crippen molar-refractivity contribution in [3.63, 3.8) is 0 Å². The van der Waals surface area contributed by atoms with Crippen LogP contribution in [0.2, 0.25) is 0 Å². The van der Waals surface area contributed by atoms with Crippen molar-refractivity contribution < 1.29 is 4.79 Å². The number of likely N-dealkylation sites (tertiary alicyclic amines) is 2. The second-order valence-electron chi connectivity index (χ2n) is 10.6. The third kappa shape index (κ3) is 3.47. The van der Waals surface area contributed by atoms with Gasteiger partial charge in [-0.05, 0) is 55.2 Å². The molecule has 1 aliphatic carbocycles. The van der Waals surface area contributed by atoms with Crippen molar-refractivity contribution in [2.45, 2.75) is 38.1 Å². The van der Waals surface area contributed by atoms with Gasteiger partial charge in [0, 0.05) is 61.9 Å². The highest BCUT2D eigenvalue weighted by atomic mass is 16.2. The fourth-order valence-corrected chi connectivity index (χ4v) is 6.68. The molecule has 3 fully saturated rings. The Morgan fingerprint density at radius 3 is 2.61 bits per heavy atom. The van der Waals surface area contributed by atoms with Gasteiger partial charge in [-0.3, -0.25) is 14.8 Å². The van der Waals surface area contributed by atoms with Crippen molar-refractivity contribution in [1.29, 1.82) is 0 Å². The normalized spacial score (nSPS) is 34.6. The van der Waals surface area contributed by atoms with Crippen LogP contribution in [0.15, 0.2) is 35.5 Å². The molecule has 2 aromatic rings. The van der Waals surface area contributed by atoms with Crippen molar-refractivity contribution >= 4 is 23.0 Å². The van der Waals surface area contributed by atoms with Crippen LogP contribution in [-0.2, 0) is 4.79 Å². The minimum atomic E-state index is 0.204. The summed E-state index contributed by atoms with van der Waals surface area (Å²) < 4.78 is 0. The zero-order chi connectivity index (χ0) is 21.1. The molecule has 2 bridgehead atoms. The zero-order valence-electron chi connectivity index (χ0n) is 18.6. The summed E-state index contributed by atoms with van der Waals surface area (Å²) in [4.78, 5) is 27.0. The standard InChI is InChI=1S/C26H32N4O/c1-16-8-17(20-5-6-22(24-11-28-24)26-21(20)4-3-7-27-26)15-30(12-16)25(31)10-23-18-9-19(23)14-29(2)13-18/h3-7,11,16-19,23-24H,8-10,12-15H2,1-2H3/t16-,17+,18?,19?,23?,24?/m1/s1. The molecule has 0 radical (unpaired) electrons. The lowest BCUT2D eigenvalue weighted by molar-refractivity contribution is -0.139. The van der Waals surface area contributed by atoms with Crippen molar-refractivity contribution in [3.05, 3.63) is 41.6 Å². The first-order chi connectivity index (χ1) is 15.1. The van der Waals surface area contributed by atoms with E-state index in [1.807, 2.05) is 18.5 Å². The van der Waals surface area contributed by atoms with E-state index in [-0.39, 0.29) is 6.04 Å². The quantitative estimate of drug-likeness (QED) is 0.760. The lowest BCUT2D eigenvalue weighted by Crippen LogP contribution is -2.55. The molecule has 0 spiro atoms. The van der Waals surface area contributed by atoms with Crippen LogP contribution in [0.5, 0.6) is 0 Å². The van der Waals surface area contributed by atoms with Gasteiger partial charge in [0.05, 0.1) is 5.52 Å². The van der Waals surface area contributed by atoms with Gasteiger partial charge in [-0.1, -0.05) is 25.1 Å². The van der Waals surface area contributed by atoms with Crippen LogP contribution in [0.3, 0.4) is 0 Å². The Balaban J connectivity index is 1.22. The number of benzene rings is 1. The van der Waals surface area contributed by atoms with Gasteiger partial charge >= 0.3 is 0 Å². The van der Waals surface area contributed by atoms with E-state index in [1.165, 1.54) is 36.0 Å². The maximum Gasteiger partial charge on any atom is 0.222 e. The van der Waals surface area contributed by atoms with Crippen LogP contribution in [-0.4, -0.2) is 60.1 Å². The average Bonchev–Trinajstić information content (AvgIpc) is 3.61. The fraction of sp³-hybridized carbons (Fsp3) is 0.577. The van der Waals surface area contributed by atoms with E-state index >= 15 is 0 Å². The number of pyridine rings is 1. The molecule has 1 saturated carbocycles. The lowest BCUT2D eigenvalue weighted by Gasteiger charge is -2.53. The molecule has 3 aliphatic heterocycles. The number of carbonyl (C=O) groups excluding carboxylic acids is 1. The maximum atomic E-state index is 13.3. The number of hydrogen-bond acceptors (Lipinski definition) is 4. The van der Waals surface area contributed by atoms with Gasteiger partial charge in [-0.15, -0.1) is 0 Å². The molecule has 1 aromatic heterocycles. The number of aliphatic imine (C=N–C) groups is 1. The topological polar surface area (TPSA) is 48.8 Å². The maximum absolute atomic E-state index is 13.3. The van der Waals surface area contributed by atoms with Crippen LogP contribution >= 0.6 is 0 Å². The highest BCUT2D eigenvalue weighted by molar-refractivity contribution is 5.92. The molecule has 5 nitrogen and oxygen atoms in total. The molecular formula is C26H32N4O. The third-order valence-electron chi connectivity index (χ3n) is 8.22. The number of nitrogens with zero attached hydrogens (tertiary/aromatic N) is 4. The summed E-state index contributed by atoms with van der Waals surface area (Å²) in [6.45, 7) is 6.38. The van der Waals surface area contributed by atoms with Crippen molar-refractivity contribution in [1.82, 2.24) is 14.8 Å². The van der Waals surface area contributed by atoms with Crippen molar-refractivity contribution in [3.8, 4) is 0 Å². The molecule has 4 aliphatic rings. The number of rotatable bonds is 4. The number of carbonyl (C=O) groups is 1. The smallest absolute Gasteiger partial charge is 0.222 e. The van der Waals surface area contributed by atoms with Crippen molar-refractivity contribution in [2.75, 3.05) is 33.2 Å². The summed E-state index contributed by atoms with van der Waals surface area (Å²) in [7, 11) is 2.22. The molecule has 6 rings (SSSR count). The van der Waals surface area contributed by atoms with E-state index in [0.29, 0.717) is 23.7 Å². The Bertz CT molecular complexity index is 1030. The third-order valence-corrected chi connectivity index (χ3v) is 8.22. The minimum absolute atomic E-state index is 0.204. The molecule has 1 amide bonds. The van der Waals surface area contributed by atoms with Gasteiger partial charge in [-0.2, -0.15) is 0 Å². The SMILES string of the molecule is C[C@@H]1C[C@H](c2ccc(C3C=N3)c3ncccc23)CN(C(=O)CC2C3CC2CN(C)C3)C1. The van der Waals surface area contributed by atoms with E-state index in [0.717, 1.165) is 43.3 Å². The Labute approximate surface area is 184 Å². The molecule has 3 unspecified atom stereocenters. The van der Waals surface area contributed by atoms with E-state index in [9.17, 15) is 4.79 Å². The second kappa shape index (κ2) is 7.40. The molecule has 162 valence electrons. The molecular weight excluding hydrogens is 384 g/mol. The number of fused-ring (bicyclic) bond motifs is 3. The highest BCUT2D eigenvalue weighted by Gasteiger charge is 2.46. The van der Waals surface area contributed by atoms with Gasteiger partial charge < -0.3 is 9.80 Å². The van der Waals surface area contributed by atoms with E-state index < -0.39 is 0 Å². The predicted octanol–water partition coefficient (Wildman–Crippen LogP) is 3.90. The first kappa shape index (κ1) is 19.4. The molecule has 1 aromatic carbocycles. The Morgan fingerprint density at radius 2 is 1.84 bits per heavy atom. The number of amides is 1. The first-order valence-electron chi connectivity index (χ1n) is 11.9. The molecule has 5 atom stereocenters. The summed E-state index contributed by atoms with van der Waals surface area (Å²) in [5, 5.41) is 1.23. The van der Waals surface area contributed by atoms with Crippen molar-refractivity contribution in [2.24, 2.45) is 28.7 Å². The highest BCUT2D eigenvalue weighted by Crippen LogP contribution is 2.47. The average molecular weight is 417 g/mol. The van der Waals surface area contributed by atoms with Gasteiger partial charge in [0.2, 0.25) is 5.91 Å². The number of hydrogen-bond donors (Lipinski definition) is 0. The first-order valence-corrected chi connectivity index (χ1v) is 11.9. The lowest BCUT2D eigenvalue weighted by atomic mass is 9.60. The zero-order valence-corrected chi connectivity index (χ0v) is 18.6. The summed E-state index contributed by atoms with van der Waals surface area (Å²) in [5.74, 6) is 3.36. The van der Waals surface area contributed by atoms with Crippen LogP contribution in [0.1, 0.15) is 49.3 Å². The van der Waals surface area contributed by atoms with Crippen LogP contribution < -0.4 is 0 Å². The van der Waals surface area contributed by atoms with Gasteiger partial charge in [0.1, 0.15) is 6.04 Å². The minimum Gasteiger partial charge on any atom is -0.342 e. The van der Waals surface area contributed by atoms with E-state index in [4.69, 9.17) is 4.98 Å². The van der Waals surface area contributed by atoms with Crippen LogP contribution in [0.4, 0.5) is 0 Å². The van der Waals surface area contributed by atoms with Crippen LogP contribution in [0.25, 0.3) is 10.9 Å². The summed E-state index contributed by atoms with van der Waals surface area (Å²) in [6, 6.07) is 8.92.